The predicted octanol–water partition coefficient (Wildman–Crippen LogP) is 3.39. The van der Waals surface area contributed by atoms with E-state index in [0.29, 0.717) is 43.5 Å². The molecule has 1 fully saturated rings. The van der Waals surface area contributed by atoms with E-state index < -0.39 is 0 Å². The summed E-state index contributed by atoms with van der Waals surface area (Å²) in [7, 11) is 0. The van der Waals surface area contributed by atoms with Gasteiger partial charge >= 0.3 is 0 Å². The quantitative estimate of drug-likeness (QED) is 0.407. The lowest BCUT2D eigenvalue weighted by Crippen LogP contribution is -2.40. The fourth-order valence-corrected chi connectivity index (χ4v) is 4.50. The molecule has 9 nitrogen and oxygen atoms in total. The highest BCUT2D eigenvalue weighted by molar-refractivity contribution is 5.94. The Kier molecular flexibility index (Phi) is 6.87. The van der Waals surface area contributed by atoms with Crippen molar-refractivity contribution in [2.24, 2.45) is 0 Å². The van der Waals surface area contributed by atoms with Crippen LogP contribution in [0.15, 0.2) is 48.7 Å². The summed E-state index contributed by atoms with van der Waals surface area (Å²) in [6.07, 6.45) is 2.93. The number of hydrogen-bond acceptors (Lipinski definition) is 6. The molecule has 2 aromatic carbocycles. The number of aromatic amines is 1. The first-order valence-electron chi connectivity index (χ1n) is 12.3. The molecule has 0 radical (unpaired) electrons. The second-order valence-electron chi connectivity index (χ2n) is 8.79. The first-order valence-corrected chi connectivity index (χ1v) is 12.3. The van der Waals surface area contributed by atoms with Crippen molar-refractivity contribution in [3.63, 3.8) is 0 Å². The molecule has 0 spiro atoms. The zero-order valence-electron chi connectivity index (χ0n) is 20.2. The molecule has 9 heteroatoms. The number of ether oxygens (including phenoxy) is 1. The largest absolute Gasteiger partial charge is 0.378 e. The Balaban J connectivity index is 1.37. The van der Waals surface area contributed by atoms with E-state index in [2.05, 4.69) is 57.9 Å². The summed E-state index contributed by atoms with van der Waals surface area (Å²) in [6, 6.07) is 13.9. The number of likely N-dealkylation sites (N-methyl/N-ethyl adjacent to an activating group) is 1. The van der Waals surface area contributed by atoms with Gasteiger partial charge in [-0.25, -0.2) is 4.68 Å². The number of aromatic nitrogens is 5. The minimum atomic E-state index is 0.0254. The molecule has 0 aliphatic carbocycles. The normalized spacial score (nSPS) is 15.0. The number of H-pyrrole nitrogens is 1. The molecule has 1 atom stereocenters. The maximum atomic E-state index is 12.7. The third-order valence-corrected chi connectivity index (χ3v) is 6.60. The van der Waals surface area contributed by atoms with Crippen molar-refractivity contribution in [1.29, 1.82) is 0 Å². The summed E-state index contributed by atoms with van der Waals surface area (Å²) in [5, 5.41) is 20.9. The third-order valence-electron chi connectivity index (χ3n) is 6.60. The number of hydrogen-bond donors (Lipinski definition) is 2. The summed E-state index contributed by atoms with van der Waals surface area (Å²) < 4.78 is 7.05. The Morgan fingerprint density at radius 1 is 1.14 bits per heavy atom. The third kappa shape index (κ3) is 4.82. The van der Waals surface area contributed by atoms with E-state index >= 15 is 0 Å². The SMILES string of the molecule is CCNCC(CC)c1ccc2[nH]nc(-c3cn(-c4ccc(C(=O)N5CCOCC5)cc4)nn3)c2c1. The van der Waals surface area contributed by atoms with E-state index in [1.54, 1.807) is 4.68 Å². The van der Waals surface area contributed by atoms with Gasteiger partial charge in [-0.05, 0) is 60.8 Å². The van der Waals surface area contributed by atoms with Gasteiger partial charge < -0.3 is 15.0 Å². The molecule has 5 rings (SSSR count). The summed E-state index contributed by atoms with van der Waals surface area (Å²) in [5.74, 6) is 0.467. The maximum Gasteiger partial charge on any atom is 0.254 e. The van der Waals surface area contributed by atoms with Crippen molar-refractivity contribution in [2.75, 3.05) is 39.4 Å². The van der Waals surface area contributed by atoms with Crippen LogP contribution in [0.3, 0.4) is 0 Å². The molecule has 0 saturated carbocycles. The second-order valence-corrected chi connectivity index (χ2v) is 8.79. The molecule has 2 aromatic heterocycles. The van der Waals surface area contributed by atoms with Gasteiger partial charge in [0.2, 0.25) is 0 Å². The number of nitrogens with one attached hydrogen (secondary N) is 2. The van der Waals surface area contributed by atoms with Crippen LogP contribution < -0.4 is 5.32 Å². The van der Waals surface area contributed by atoms with Crippen LogP contribution in [-0.4, -0.2) is 75.4 Å². The molecule has 2 N–H and O–H groups in total. The number of nitrogens with zero attached hydrogens (tertiary/aromatic N) is 5. The number of carbonyl (C=O) groups excluding carboxylic acids is 1. The van der Waals surface area contributed by atoms with Gasteiger partial charge in [0.05, 0.1) is 30.6 Å². The molecule has 3 heterocycles. The Hall–Kier alpha value is -3.56. The van der Waals surface area contributed by atoms with Crippen molar-refractivity contribution in [3.8, 4) is 17.1 Å². The van der Waals surface area contributed by atoms with Crippen LogP contribution in [0, 0.1) is 0 Å². The van der Waals surface area contributed by atoms with Crippen molar-refractivity contribution in [3.05, 3.63) is 59.8 Å². The van der Waals surface area contributed by atoms with Crippen LogP contribution in [0.4, 0.5) is 0 Å². The van der Waals surface area contributed by atoms with E-state index in [0.717, 1.165) is 41.8 Å². The molecule has 35 heavy (non-hydrogen) atoms. The first-order chi connectivity index (χ1) is 17.2. The zero-order valence-corrected chi connectivity index (χ0v) is 20.2. The number of carbonyl (C=O) groups is 1. The first kappa shape index (κ1) is 23.2. The summed E-state index contributed by atoms with van der Waals surface area (Å²) in [6.45, 7) is 8.68. The smallest absolute Gasteiger partial charge is 0.254 e. The number of fused-ring (bicyclic) bond motifs is 1. The second kappa shape index (κ2) is 10.4. The molecule has 1 aliphatic heterocycles. The molecule has 4 aromatic rings. The molecular weight excluding hydrogens is 442 g/mol. The summed E-state index contributed by atoms with van der Waals surface area (Å²) >= 11 is 0. The molecular formula is C26H31N7O2. The number of amides is 1. The summed E-state index contributed by atoms with van der Waals surface area (Å²) in [4.78, 5) is 14.5. The van der Waals surface area contributed by atoms with Crippen molar-refractivity contribution >= 4 is 16.8 Å². The van der Waals surface area contributed by atoms with Gasteiger partial charge in [-0.1, -0.05) is 25.1 Å². The van der Waals surface area contributed by atoms with Crippen molar-refractivity contribution in [2.45, 2.75) is 26.2 Å². The van der Waals surface area contributed by atoms with Gasteiger partial charge in [-0.2, -0.15) is 5.10 Å². The number of benzene rings is 2. The van der Waals surface area contributed by atoms with Crippen LogP contribution in [0.5, 0.6) is 0 Å². The van der Waals surface area contributed by atoms with Gasteiger partial charge in [-0.15, -0.1) is 5.10 Å². The van der Waals surface area contributed by atoms with Gasteiger partial charge in [0.1, 0.15) is 11.4 Å². The molecule has 1 aliphatic rings. The predicted molar refractivity (Wildman–Crippen MR) is 135 cm³/mol. The lowest BCUT2D eigenvalue weighted by molar-refractivity contribution is 0.0303. The fraction of sp³-hybridized carbons (Fsp3) is 0.385. The van der Waals surface area contributed by atoms with Gasteiger partial charge in [0.25, 0.3) is 5.91 Å². The van der Waals surface area contributed by atoms with E-state index in [-0.39, 0.29) is 5.91 Å². The molecule has 182 valence electrons. The van der Waals surface area contributed by atoms with Crippen LogP contribution in [-0.2, 0) is 4.74 Å². The monoisotopic (exact) mass is 473 g/mol. The summed E-state index contributed by atoms with van der Waals surface area (Å²) in [5.41, 5.74) is 5.23. The number of rotatable bonds is 8. The topological polar surface area (TPSA) is 101 Å². The lowest BCUT2D eigenvalue weighted by Gasteiger charge is -2.26. The molecule has 1 saturated heterocycles. The molecule has 0 bridgehead atoms. The van der Waals surface area contributed by atoms with Crippen LogP contribution in [0.2, 0.25) is 0 Å². The van der Waals surface area contributed by atoms with E-state index in [4.69, 9.17) is 4.74 Å². The van der Waals surface area contributed by atoms with E-state index in [1.807, 2.05) is 35.4 Å². The van der Waals surface area contributed by atoms with Gasteiger partial charge in [-0.3, -0.25) is 9.89 Å². The standard InChI is InChI=1S/C26H31N7O2/c1-3-18(16-27-4-2)20-7-10-23-22(15-20)25(30-28-23)24-17-33(31-29-24)21-8-5-19(6-9-21)26(34)32-11-13-35-14-12-32/h5-10,15,17-18,27H,3-4,11-14,16H2,1-2H3,(H,28,30). The lowest BCUT2D eigenvalue weighted by atomic mass is 9.94. The minimum absolute atomic E-state index is 0.0254. The highest BCUT2D eigenvalue weighted by Gasteiger charge is 2.19. The Labute approximate surface area is 204 Å². The minimum Gasteiger partial charge on any atom is -0.378 e. The van der Waals surface area contributed by atoms with E-state index in [1.165, 1.54) is 5.56 Å². The highest BCUT2D eigenvalue weighted by Crippen LogP contribution is 2.29. The van der Waals surface area contributed by atoms with Crippen molar-refractivity contribution < 1.29 is 9.53 Å². The zero-order chi connectivity index (χ0) is 24.2. The van der Waals surface area contributed by atoms with Gasteiger partial charge in [0, 0.05) is 30.6 Å². The Morgan fingerprint density at radius 3 is 2.69 bits per heavy atom. The van der Waals surface area contributed by atoms with Gasteiger partial charge in [0.15, 0.2) is 0 Å². The Morgan fingerprint density at radius 2 is 1.94 bits per heavy atom. The highest BCUT2D eigenvalue weighted by atomic mass is 16.5. The van der Waals surface area contributed by atoms with E-state index in [9.17, 15) is 4.79 Å². The fourth-order valence-electron chi connectivity index (χ4n) is 4.50. The van der Waals surface area contributed by atoms with Crippen LogP contribution >= 0.6 is 0 Å². The van der Waals surface area contributed by atoms with Crippen LogP contribution in [0.25, 0.3) is 28.0 Å². The molecule has 1 amide bonds. The number of morpholine rings is 1. The maximum absolute atomic E-state index is 12.7. The molecule has 1 unspecified atom stereocenters. The Bertz CT molecular complexity index is 1290. The van der Waals surface area contributed by atoms with Crippen LogP contribution in [0.1, 0.15) is 42.1 Å². The average molecular weight is 474 g/mol. The average Bonchev–Trinajstić information content (AvgIpc) is 3.56. The van der Waals surface area contributed by atoms with Crippen molar-refractivity contribution in [1.82, 2.24) is 35.4 Å².